The van der Waals surface area contributed by atoms with Crippen molar-refractivity contribution in [3.05, 3.63) is 16.4 Å². The fourth-order valence-electron chi connectivity index (χ4n) is 0.990. The number of nitrogens with zero attached hydrogens (tertiary/aromatic N) is 5. The van der Waals surface area contributed by atoms with Crippen LogP contribution in [0.1, 0.15) is 0 Å². The van der Waals surface area contributed by atoms with Crippen LogP contribution in [0, 0.1) is 10.1 Å². The minimum atomic E-state index is -0.721. The van der Waals surface area contributed by atoms with Crippen LogP contribution in [0.2, 0.25) is 0 Å². The third kappa shape index (κ3) is 3.74. The van der Waals surface area contributed by atoms with E-state index in [1.807, 2.05) is 0 Å². The Kier molecular flexibility index (Phi) is 4.91. The van der Waals surface area contributed by atoms with Gasteiger partial charge in [-0.05, 0) is 4.92 Å². The van der Waals surface area contributed by atoms with Crippen molar-refractivity contribution in [1.29, 1.82) is 0 Å². The summed E-state index contributed by atoms with van der Waals surface area (Å²) < 4.78 is 24.1. The zero-order chi connectivity index (χ0) is 12.7. The van der Waals surface area contributed by atoms with Crippen LogP contribution in [-0.2, 0) is 0 Å². The molecule has 0 unspecified atom stereocenters. The molecule has 17 heavy (non-hydrogen) atoms. The molecule has 0 spiro atoms. The predicted octanol–water partition coefficient (Wildman–Crippen LogP) is 1.56. The number of nitro groups is 1. The number of hydrogen-bond donors (Lipinski definition) is 1. The van der Waals surface area contributed by atoms with Crippen LogP contribution in [0.4, 0.5) is 20.4 Å². The highest BCUT2D eigenvalue weighted by molar-refractivity contribution is 5.44. The van der Waals surface area contributed by atoms with Crippen LogP contribution in [0.15, 0.2) is 16.7 Å². The first kappa shape index (κ1) is 12.9. The second-order valence-electron chi connectivity index (χ2n) is 2.85. The Hall–Kier alpha value is -2.13. The summed E-state index contributed by atoms with van der Waals surface area (Å²) in [5, 5.41) is 18.4. The Morgan fingerprint density at radius 2 is 2.12 bits per heavy atom. The fourth-order valence-corrected chi connectivity index (χ4v) is 0.990. The summed E-state index contributed by atoms with van der Waals surface area (Å²) in [5.41, 5.74) is 0. The van der Waals surface area contributed by atoms with Gasteiger partial charge in [0.15, 0.2) is 6.33 Å². The molecule has 0 radical (unpaired) electrons. The molecule has 0 saturated carbocycles. The molecule has 0 atom stereocenters. The molecule has 0 amide bonds. The molecule has 1 rings (SSSR count). The predicted molar refractivity (Wildman–Crippen MR) is 53.3 cm³/mol. The van der Waals surface area contributed by atoms with Crippen molar-refractivity contribution in [2.75, 3.05) is 26.4 Å². The number of aromatic amines is 1. The van der Waals surface area contributed by atoms with Gasteiger partial charge in [-0.3, -0.25) is 5.01 Å². The molecule has 1 heterocycles. The van der Waals surface area contributed by atoms with E-state index in [4.69, 9.17) is 0 Å². The second kappa shape index (κ2) is 6.45. The average molecular weight is 248 g/mol. The Bertz CT molecular complexity index is 389. The average Bonchev–Trinajstić information content (AvgIpc) is 2.74. The number of alkyl halides is 2. The molecule has 0 aliphatic rings. The third-order valence-electron chi connectivity index (χ3n) is 1.73. The van der Waals surface area contributed by atoms with Crippen molar-refractivity contribution in [3.8, 4) is 0 Å². The van der Waals surface area contributed by atoms with Gasteiger partial charge < -0.3 is 10.1 Å². The summed E-state index contributed by atoms with van der Waals surface area (Å²) in [6.45, 7) is -1.71. The Morgan fingerprint density at radius 3 is 2.65 bits per heavy atom. The molecule has 8 nitrogen and oxygen atoms in total. The fraction of sp³-hybridized carbons (Fsp3) is 0.571. The zero-order valence-corrected chi connectivity index (χ0v) is 8.71. The molecule has 0 aliphatic heterocycles. The highest BCUT2D eigenvalue weighted by Crippen LogP contribution is 2.21. The number of hydrogen-bond acceptors (Lipinski definition) is 5. The summed E-state index contributed by atoms with van der Waals surface area (Å²) in [5.74, 6) is -0.660. The van der Waals surface area contributed by atoms with Gasteiger partial charge in [-0.25, -0.2) is 13.8 Å². The molecule has 0 aliphatic carbocycles. The van der Waals surface area contributed by atoms with Crippen molar-refractivity contribution in [2.24, 2.45) is 10.3 Å². The number of H-pyrrole nitrogens is 1. The maximum Gasteiger partial charge on any atom is 0.369 e. The third-order valence-corrected chi connectivity index (χ3v) is 1.73. The van der Waals surface area contributed by atoms with Gasteiger partial charge in [0.25, 0.3) is 5.82 Å². The van der Waals surface area contributed by atoms with Gasteiger partial charge in [0, 0.05) is 0 Å². The lowest BCUT2D eigenvalue weighted by Gasteiger charge is -2.12. The van der Waals surface area contributed by atoms with Gasteiger partial charge >= 0.3 is 5.82 Å². The number of imidazole rings is 1. The first-order valence-electron chi connectivity index (χ1n) is 4.65. The standard InChI is InChI=1S/C7H10F2N6O2/c8-1-3-14(4-2-9)13-12-6-7(15(16)17)11-5-10-6/h5H,1-4H2,(H,10,11)/b13-12+. The van der Waals surface area contributed by atoms with Crippen LogP contribution < -0.4 is 0 Å². The maximum atomic E-state index is 12.0. The van der Waals surface area contributed by atoms with Crippen LogP contribution in [-0.4, -0.2) is 46.3 Å². The van der Waals surface area contributed by atoms with Gasteiger partial charge in [0.1, 0.15) is 13.3 Å². The summed E-state index contributed by atoms with van der Waals surface area (Å²) in [4.78, 5) is 15.6. The monoisotopic (exact) mass is 248 g/mol. The highest BCUT2D eigenvalue weighted by atomic mass is 19.1. The second-order valence-corrected chi connectivity index (χ2v) is 2.85. The highest BCUT2D eigenvalue weighted by Gasteiger charge is 2.14. The van der Waals surface area contributed by atoms with E-state index >= 15 is 0 Å². The molecule has 1 aromatic heterocycles. The molecule has 0 fully saturated rings. The topological polar surface area (TPSA) is 99.8 Å². The lowest BCUT2D eigenvalue weighted by atomic mass is 10.6. The molecule has 1 N–H and O–H groups in total. The Balaban J connectivity index is 2.73. The number of nitrogens with one attached hydrogen (secondary N) is 1. The van der Waals surface area contributed by atoms with Crippen LogP contribution >= 0.6 is 0 Å². The molecular weight excluding hydrogens is 238 g/mol. The molecule has 1 aromatic rings. The minimum Gasteiger partial charge on any atom is -0.358 e. The lowest BCUT2D eigenvalue weighted by Crippen LogP contribution is -2.22. The van der Waals surface area contributed by atoms with E-state index in [-0.39, 0.29) is 18.9 Å². The van der Waals surface area contributed by atoms with E-state index < -0.39 is 24.1 Å². The number of rotatable bonds is 7. The van der Waals surface area contributed by atoms with Gasteiger partial charge in [0.05, 0.1) is 13.1 Å². The maximum absolute atomic E-state index is 12.0. The van der Waals surface area contributed by atoms with E-state index in [1.165, 1.54) is 0 Å². The van der Waals surface area contributed by atoms with E-state index in [2.05, 4.69) is 20.3 Å². The quantitative estimate of drug-likeness (QED) is 0.449. The lowest BCUT2D eigenvalue weighted by molar-refractivity contribution is -0.388. The van der Waals surface area contributed by atoms with E-state index in [0.717, 1.165) is 11.3 Å². The summed E-state index contributed by atoms with van der Waals surface area (Å²) >= 11 is 0. The van der Waals surface area contributed by atoms with Crippen molar-refractivity contribution >= 4 is 11.6 Å². The molecule has 0 bridgehead atoms. The molecule has 94 valence electrons. The van der Waals surface area contributed by atoms with Crippen LogP contribution in [0.25, 0.3) is 0 Å². The van der Waals surface area contributed by atoms with Crippen molar-refractivity contribution in [3.63, 3.8) is 0 Å². The van der Waals surface area contributed by atoms with E-state index in [1.54, 1.807) is 0 Å². The van der Waals surface area contributed by atoms with Crippen molar-refractivity contribution in [2.45, 2.75) is 0 Å². The van der Waals surface area contributed by atoms with E-state index in [9.17, 15) is 18.9 Å². The molecule has 0 aromatic carbocycles. The van der Waals surface area contributed by atoms with Gasteiger partial charge in [0.2, 0.25) is 0 Å². The Labute approximate surface area is 94.5 Å². The summed E-state index contributed by atoms with van der Waals surface area (Å²) in [6, 6.07) is 0. The van der Waals surface area contributed by atoms with Crippen molar-refractivity contribution in [1.82, 2.24) is 15.0 Å². The van der Waals surface area contributed by atoms with Crippen LogP contribution in [0.5, 0.6) is 0 Å². The molecule has 10 heteroatoms. The Morgan fingerprint density at radius 1 is 1.47 bits per heavy atom. The number of halogens is 2. The van der Waals surface area contributed by atoms with Crippen LogP contribution in [0.3, 0.4) is 0 Å². The largest absolute Gasteiger partial charge is 0.369 e. The summed E-state index contributed by atoms with van der Waals surface area (Å²) in [6.07, 6.45) is 1.08. The van der Waals surface area contributed by atoms with E-state index in [0.29, 0.717) is 0 Å². The van der Waals surface area contributed by atoms with Gasteiger partial charge in [-0.2, -0.15) is 4.98 Å². The van der Waals surface area contributed by atoms with Gasteiger partial charge in [-0.15, -0.1) is 5.11 Å². The smallest absolute Gasteiger partial charge is 0.358 e. The van der Waals surface area contributed by atoms with Crippen molar-refractivity contribution < 1.29 is 13.7 Å². The zero-order valence-electron chi connectivity index (χ0n) is 8.71. The van der Waals surface area contributed by atoms with Gasteiger partial charge in [-0.1, -0.05) is 5.22 Å². The first-order valence-corrected chi connectivity index (χ1v) is 4.65. The normalized spacial score (nSPS) is 10.9. The SMILES string of the molecule is O=[N+]([O-])c1[nH]cnc1/N=N/N(CCF)CCF. The summed E-state index contributed by atoms with van der Waals surface area (Å²) in [7, 11) is 0. The molecule has 0 saturated heterocycles. The molecular formula is C7H10F2N6O2. The number of aromatic nitrogens is 2. The minimum absolute atomic E-state index is 0.133. The first-order chi connectivity index (χ1) is 8.19.